The zero-order valence-corrected chi connectivity index (χ0v) is 10.2. The van der Waals surface area contributed by atoms with Gasteiger partial charge in [0.25, 0.3) is 5.91 Å². The lowest BCUT2D eigenvalue weighted by Crippen LogP contribution is -2.44. The molecule has 3 N–H and O–H groups in total. The number of nitrogens with two attached hydrogens (primary N) is 1. The van der Waals surface area contributed by atoms with Crippen LogP contribution in [0.15, 0.2) is 12.1 Å². The Bertz CT molecular complexity index is 406. The molecule has 1 heterocycles. The van der Waals surface area contributed by atoms with E-state index in [0.717, 1.165) is 12.1 Å². The maximum atomic E-state index is 12.3. The van der Waals surface area contributed by atoms with E-state index in [1.165, 1.54) is 0 Å². The average molecular weight is 266 g/mol. The minimum absolute atomic E-state index is 0.0292. The summed E-state index contributed by atoms with van der Waals surface area (Å²) in [5.74, 6) is -0.538. The highest BCUT2D eigenvalue weighted by molar-refractivity contribution is 7.14. The van der Waals surface area contributed by atoms with Gasteiger partial charge in [0, 0.05) is 12.1 Å². The summed E-state index contributed by atoms with van der Waals surface area (Å²) in [7, 11) is 0. The minimum Gasteiger partial charge on any atom is -0.350 e. The Morgan fingerprint density at radius 1 is 1.41 bits per heavy atom. The highest BCUT2D eigenvalue weighted by atomic mass is 32.1. The van der Waals surface area contributed by atoms with Gasteiger partial charge in [-0.2, -0.15) is 13.2 Å². The van der Waals surface area contributed by atoms with Crippen molar-refractivity contribution >= 4 is 17.2 Å². The maximum absolute atomic E-state index is 12.3. The van der Waals surface area contributed by atoms with E-state index in [-0.39, 0.29) is 11.4 Å². The molecule has 17 heavy (non-hydrogen) atoms. The molecule has 1 amide bonds. The van der Waals surface area contributed by atoms with E-state index in [1.54, 1.807) is 13.8 Å². The number of nitrogens with one attached hydrogen (secondary N) is 1. The first kappa shape index (κ1) is 14.0. The fourth-order valence-corrected chi connectivity index (χ4v) is 1.80. The summed E-state index contributed by atoms with van der Waals surface area (Å²) in [4.78, 5) is 10.8. The molecule has 0 saturated heterocycles. The Morgan fingerprint density at radius 3 is 2.41 bits per heavy atom. The van der Waals surface area contributed by atoms with Crippen LogP contribution in [-0.4, -0.2) is 18.0 Å². The number of carbonyl (C=O) groups is 1. The fourth-order valence-electron chi connectivity index (χ4n) is 1.01. The van der Waals surface area contributed by atoms with E-state index in [9.17, 15) is 18.0 Å². The zero-order chi connectivity index (χ0) is 13.3. The van der Waals surface area contributed by atoms with E-state index in [0.29, 0.717) is 11.3 Å². The Morgan fingerprint density at radius 2 is 2.00 bits per heavy atom. The van der Waals surface area contributed by atoms with Gasteiger partial charge in [0.1, 0.15) is 4.88 Å². The van der Waals surface area contributed by atoms with Gasteiger partial charge >= 0.3 is 6.18 Å². The second-order valence-electron chi connectivity index (χ2n) is 4.33. The average Bonchev–Trinajstić information content (AvgIpc) is 2.60. The molecule has 0 spiro atoms. The van der Waals surface area contributed by atoms with E-state index in [1.807, 2.05) is 0 Å². The van der Waals surface area contributed by atoms with Crippen molar-refractivity contribution in [2.75, 3.05) is 6.54 Å². The highest BCUT2D eigenvalue weighted by Crippen LogP contribution is 2.34. The van der Waals surface area contributed by atoms with Crippen molar-refractivity contribution in [3.05, 3.63) is 21.9 Å². The summed E-state index contributed by atoms with van der Waals surface area (Å²) < 4.78 is 36.9. The molecule has 0 bridgehead atoms. The maximum Gasteiger partial charge on any atom is 0.425 e. The van der Waals surface area contributed by atoms with Crippen LogP contribution >= 0.6 is 11.3 Å². The second-order valence-corrected chi connectivity index (χ2v) is 5.42. The number of rotatable bonds is 3. The highest BCUT2D eigenvalue weighted by Gasteiger charge is 2.33. The predicted molar refractivity (Wildman–Crippen MR) is 59.9 cm³/mol. The summed E-state index contributed by atoms with van der Waals surface area (Å²) in [6, 6.07) is 2.06. The molecule has 1 aromatic heterocycles. The summed E-state index contributed by atoms with van der Waals surface area (Å²) in [6.45, 7) is 3.62. The monoisotopic (exact) mass is 266 g/mol. The Kier molecular flexibility index (Phi) is 3.83. The van der Waals surface area contributed by atoms with Gasteiger partial charge < -0.3 is 11.1 Å². The molecule has 0 unspecified atom stereocenters. The van der Waals surface area contributed by atoms with E-state index in [4.69, 9.17) is 5.73 Å². The summed E-state index contributed by atoms with van der Waals surface area (Å²) in [6.07, 6.45) is -4.41. The van der Waals surface area contributed by atoms with Gasteiger partial charge in [-0.15, -0.1) is 11.3 Å². The van der Waals surface area contributed by atoms with Gasteiger partial charge in [-0.25, -0.2) is 0 Å². The number of amides is 1. The van der Waals surface area contributed by atoms with Crippen molar-refractivity contribution in [3.8, 4) is 0 Å². The van der Waals surface area contributed by atoms with Crippen molar-refractivity contribution in [2.24, 2.45) is 5.73 Å². The molecule has 0 radical (unpaired) electrons. The van der Waals surface area contributed by atoms with Gasteiger partial charge in [0.15, 0.2) is 0 Å². The third kappa shape index (κ3) is 4.35. The first-order chi connectivity index (χ1) is 7.59. The van der Waals surface area contributed by atoms with Crippen molar-refractivity contribution in [1.29, 1.82) is 0 Å². The van der Waals surface area contributed by atoms with Crippen molar-refractivity contribution < 1.29 is 18.0 Å². The molecule has 7 heteroatoms. The molecule has 96 valence electrons. The quantitative estimate of drug-likeness (QED) is 0.881. The van der Waals surface area contributed by atoms with E-state index < -0.39 is 22.5 Å². The Labute approximate surface area is 101 Å². The molecule has 0 aromatic carbocycles. The summed E-state index contributed by atoms with van der Waals surface area (Å²) >= 11 is 0.421. The standard InChI is InChI=1S/C10H13F3N2OS/c1-9(2,14)5-15-8(16)6-3-4-7(17-6)10(11,12)13/h3-4H,5,14H2,1-2H3,(H,15,16). The first-order valence-corrected chi connectivity index (χ1v) is 5.65. The van der Waals surface area contributed by atoms with Gasteiger partial charge in [-0.05, 0) is 26.0 Å². The lowest BCUT2D eigenvalue weighted by atomic mass is 10.1. The van der Waals surface area contributed by atoms with Gasteiger partial charge in [0.05, 0.1) is 4.88 Å². The normalized spacial score (nSPS) is 12.6. The number of hydrogen-bond acceptors (Lipinski definition) is 3. The summed E-state index contributed by atoms with van der Waals surface area (Å²) in [5.41, 5.74) is 5.05. The van der Waals surface area contributed by atoms with Crippen LogP contribution in [0, 0.1) is 0 Å². The minimum atomic E-state index is -4.41. The van der Waals surface area contributed by atoms with Crippen LogP contribution in [-0.2, 0) is 6.18 Å². The molecule has 0 saturated carbocycles. The first-order valence-electron chi connectivity index (χ1n) is 4.84. The fraction of sp³-hybridized carbons (Fsp3) is 0.500. The molecule has 1 aromatic rings. The molecular weight excluding hydrogens is 253 g/mol. The molecule has 0 atom stereocenters. The number of alkyl halides is 3. The van der Waals surface area contributed by atoms with Crippen LogP contribution in [0.5, 0.6) is 0 Å². The molecule has 1 rings (SSSR count). The lowest BCUT2D eigenvalue weighted by molar-refractivity contribution is -0.134. The van der Waals surface area contributed by atoms with E-state index in [2.05, 4.69) is 5.32 Å². The molecule has 0 aliphatic carbocycles. The van der Waals surface area contributed by atoms with Crippen molar-refractivity contribution in [3.63, 3.8) is 0 Å². The molecule has 0 aliphatic rings. The smallest absolute Gasteiger partial charge is 0.350 e. The van der Waals surface area contributed by atoms with Gasteiger partial charge in [-0.3, -0.25) is 4.79 Å². The molecule has 0 aliphatic heterocycles. The van der Waals surface area contributed by atoms with Crippen LogP contribution in [0.2, 0.25) is 0 Å². The summed E-state index contributed by atoms with van der Waals surface area (Å²) in [5, 5.41) is 2.48. The van der Waals surface area contributed by atoms with Gasteiger partial charge in [-0.1, -0.05) is 0 Å². The topological polar surface area (TPSA) is 55.1 Å². The van der Waals surface area contributed by atoms with Crippen molar-refractivity contribution in [2.45, 2.75) is 25.6 Å². The number of hydrogen-bond donors (Lipinski definition) is 2. The molecule has 0 fully saturated rings. The third-order valence-electron chi connectivity index (χ3n) is 1.81. The number of carbonyl (C=O) groups excluding carboxylic acids is 1. The van der Waals surface area contributed by atoms with Crippen molar-refractivity contribution in [1.82, 2.24) is 5.32 Å². The Hall–Kier alpha value is -1.08. The Balaban J connectivity index is 2.68. The number of thiophene rings is 1. The second kappa shape index (κ2) is 4.66. The molecular formula is C10H13F3N2OS. The largest absolute Gasteiger partial charge is 0.425 e. The lowest BCUT2D eigenvalue weighted by Gasteiger charge is -2.18. The van der Waals surface area contributed by atoms with Crippen LogP contribution < -0.4 is 11.1 Å². The molecule has 3 nitrogen and oxygen atoms in total. The van der Waals surface area contributed by atoms with Crippen LogP contribution in [0.25, 0.3) is 0 Å². The SMILES string of the molecule is CC(C)(N)CNC(=O)c1ccc(C(F)(F)F)s1. The predicted octanol–water partition coefficient (Wildman–Crippen LogP) is 2.23. The third-order valence-corrected chi connectivity index (χ3v) is 2.94. The van der Waals surface area contributed by atoms with E-state index >= 15 is 0 Å². The number of halogens is 3. The van der Waals surface area contributed by atoms with Crippen LogP contribution in [0.3, 0.4) is 0 Å². The zero-order valence-electron chi connectivity index (χ0n) is 9.39. The van der Waals surface area contributed by atoms with Crippen LogP contribution in [0.4, 0.5) is 13.2 Å². The van der Waals surface area contributed by atoms with Crippen LogP contribution in [0.1, 0.15) is 28.4 Å². The van der Waals surface area contributed by atoms with Gasteiger partial charge in [0.2, 0.25) is 0 Å².